The second-order valence-corrected chi connectivity index (χ2v) is 5.47. The molecule has 0 aromatic carbocycles. The third-order valence-corrected chi connectivity index (χ3v) is 3.02. The molecule has 0 heterocycles. The van der Waals surface area contributed by atoms with E-state index >= 15 is 0 Å². The van der Waals surface area contributed by atoms with Crippen molar-refractivity contribution in [1.82, 2.24) is 5.32 Å². The molecule has 0 aromatic heterocycles. The topological polar surface area (TPSA) is 38.3 Å². The molecule has 16 heavy (non-hydrogen) atoms. The first-order valence-electron chi connectivity index (χ1n) is 6.40. The van der Waals surface area contributed by atoms with Crippen LogP contribution in [0.25, 0.3) is 0 Å². The van der Waals surface area contributed by atoms with Crippen LogP contribution in [0.4, 0.5) is 0 Å². The molecule has 1 atom stereocenters. The van der Waals surface area contributed by atoms with E-state index in [0.29, 0.717) is 18.4 Å². The Balaban J connectivity index is 2.54. The maximum absolute atomic E-state index is 12.0. The summed E-state index contributed by atoms with van der Waals surface area (Å²) in [5.74, 6) is 1.17. The Kier molecular flexibility index (Phi) is 4.78. The average Bonchev–Trinajstić information content (AvgIpc) is 2.99. The second-order valence-electron chi connectivity index (χ2n) is 5.47. The highest BCUT2D eigenvalue weighted by molar-refractivity contribution is 5.80. The quantitative estimate of drug-likeness (QED) is 0.678. The molecular formula is C13H25NO2. The molecule has 1 fully saturated rings. The van der Waals surface area contributed by atoms with Crippen molar-refractivity contribution in [3.8, 4) is 0 Å². The van der Waals surface area contributed by atoms with Gasteiger partial charge in [0.1, 0.15) is 5.54 Å². The SMILES string of the molecule is CCOC(=O)C(C)(CC1CC1)NCC(C)C. The van der Waals surface area contributed by atoms with E-state index in [9.17, 15) is 4.79 Å². The molecule has 3 heteroatoms. The van der Waals surface area contributed by atoms with E-state index in [1.807, 2.05) is 13.8 Å². The summed E-state index contributed by atoms with van der Waals surface area (Å²) in [6.07, 6.45) is 3.44. The van der Waals surface area contributed by atoms with E-state index in [0.717, 1.165) is 13.0 Å². The van der Waals surface area contributed by atoms with Crippen LogP contribution in [-0.2, 0) is 9.53 Å². The first-order valence-corrected chi connectivity index (χ1v) is 6.40. The standard InChI is InChI=1S/C13H25NO2/c1-5-16-12(15)13(4,8-11-6-7-11)14-9-10(2)3/h10-11,14H,5-9H2,1-4H3. The minimum atomic E-state index is -0.485. The van der Waals surface area contributed by atoms with Gasteiger partial charge in [-0.3, -0.25) is 4.79 Å². The van der Waals surface area contributed by atoms with Crippen LogP contribution in [0.15, 0.2) is 0 Å². The van der Waals surface area contributed by atoms with E-state index in [-0.39, 0.29) is 5.97 Å². The second kappa shape index (κ2) is 5.67. The normalized spacial score (nSPS) is 19.6. The number of ether oxygens (including phenoxy) is 1. The largest absolute Gasteiger partial charge is 0.465 e. The third kappa shape index (κ3) is 4.12. The summed E-state index contributed by atoms with van der Waals surface area (Å²) in [4.78, 5) is 12.0. The smallest absolute Gasteiger partial charge is 0.326 e. The van der Waals surface area contributed by atoms with Gasteiger partial charge in [-0.1, -0.05) is 26.7 Å². The molecule has 1 saturated carbocycles. The van der Waals surface area contributed by atoms with Crippen LogP contribution in [0.5, 0.6) is 0 Å². The van der Waals surface area contributed by atoms with Crippen LogP contribution in [0.3, 0.4) is 0 Å². The monoisotopic (exact) mass is 227 g/mol. The number of carbonyl (C=O) groups excluding carboxylic acids is 1. The van der Waals surface area contributed by atoms with Crippen molar-refractivity contribution in [3.05, 3.63) is 0 Å². The lowest BCUT2D eigenvalue weighted by molar-refractivity contribution is -0.151. The van der Waals surface area contributed by atoms with Crippen LogP contribution in [0.1, 0.15) is 47.0 Å². The van der Waals surface area contributed by atoms with Gasteiger partial charge in [0.05, 0.1) is 6.61 Å². The van der Waals surface area contributed by atoms with Crippen molar-refractivity contribution < 1.29 is 9.53 Å². The van der Waals surface area contributed by atoms with E-state index < -0.39 is 5.54 Å². The molecule has 1 rings (SSSR count). The molecule has 94 valence electrons. The van der Waals surface area contributed by atoms with Crippen molar-refractivity contribution in [2.24, 2.45) is 11.8 Å². The molecule has 1 N–H and O–H groups in total. The molecule has 0 radical (unpaired) electrons. The van der Waals surface area contributed by atoms with Gasteiger partial charge in [-0.05, 0) is 38.6 Å². The molecule has 1 aliphatic carbocycles. The van der Waals surface area contributed by atoms with Gasteiger partial charge in [0, 0.05) is 0 Å². The molecular weight excluding hydrogens is 202 g/mol. The van der Waals surface area contributed by atoms with E-state index in [1.54, 1.807) is 0 Å². The highest BCUT2D eigenvalue weighted by Crippen LogP contribution is 2.37. The third-order valence-electron chi connectivity index (χ3n) is 3.02. The van der Waals surface area contributed by atoms with Gasteiger partial charge in [-0.2, -0.15) is 0 Å². The maximum Gasteiger partial charge on any atom is 0.326 e. The molecule has 3 nitrogen and oxygen atoms in total. The summed E-state index contributed by atoms with van der Waals surface area (Å²) in [6.45, 7) is 9.46. The number of esters is 1. The van der Waals surface area contributed by atoms with Crippen LogP contribution in [0.2, 0.25) is 0 Å². The number of hydrogen-bond acceptors (Lipinski definition) is 3. The lowest BCUT2D eigenvalue weighted by atomic mass is 9.94. The van der Waals surface area contributed by atoms with Crippen LogP contribution < -0.4 is 5.32 Å². The summed E-state index contributed by atoms with van der Waals surface area (Å²) < 4.78 is 5.17. The van der Waals surface area contributed by atoms with Gasteiger partial charge >= 0.3 is 5.97 Å². The fourth-order valence-electron chi connectivity index (χ4n) is 1.85. The zero-order valence-corrected chi connectivity index (χ0v) is 11.0. The Morgan fingerprint density at radius 2 is 2.12 bits per heavy atom. The van der Waals surface area contributed by atoms with Crippen molar-refractivity contribution in [2.45, 2.75) is 52.5 Å². The molecule has 0 aliphatic heterocycles. The Bertz CT molecular complexity index is 236. The van der Waals surface area contributed by atoms with Crippen LogP contribution in [0, 0.1) is 11.8 Å². The Labute approximate surface area is 98.9 Å². The maximum atomic E-state index is 12.0. The average molecular weight is 227 g/mol. The lowest BCUT2D eigenvalue weighted by Gasteiger charge is -2.29. The van der Waals surface area contributed by atoms with Gasteiger partial charge in [0.25, 0.3) is 0 Å². The van der Waals surface area contributed by atoms with Gasteiger partial charge in [-0.15, -0.1) is 0 Å². The lowest BCUT2D eigenvalue weighted by Crippen LogP contribution is -2.52. The minimum absolute atomic E-state index is 0.0949. The Morgan fingerprint density at radius 3 is 2.56 bits per heavy atom. The number of nitrogens with one attached hydrogen (secondary N) is 1. The zero-order chi connectivity index (χ0) is 12.2. The van der Waals surface area contributed by atoms with Crippen molar-refractivity contribution >= 4 is 5.97 Å². The van der Waals surface area contributed by atoms with Crippen molar-refractivity contribution in [3.63, 3.8) is 0 Å². The van der Waals surface area contributed by atoms with Gasteiger partial charge in [0.15, 0.2) is 0 Å². The molecule has 1 unspecified atom stereocenters. The van der Waals surface area contributed by atoms with Gasteiger partial charge < -0.3 is 10.1 Å². The minimum Gasteiger partial charge on any atom is -0.465 e. The molecule has 0 aromatic rings. The van der Waals surface area contributed by atoms with Gasteiger partial charge in [0.2, 0.25) is 0 Å². The summed E-state index contributed by atoms with van der Waals surface area (Å²) in [7, 11) is 0. The summed E-state index contributed by atoms with van der Waals surface area (Å²) >= 11 is 0. The van der Waals surface area contributed by atoms with E-state index in [2.05, 4.69) is 19.2 Å². The predicted octanol–water partition coefficient (Wildman–Crippen LogP) is 2.35. The van der Waals surface area contributed by atoms with Crippen LogP contribution in [-0.4, -0.2) is 24.7 Å². The summed E-state index contributed by atoms with van der Waals surface area (Å²) in [5, 5.41) is 3.38. The van der Waals surface area contributed by atoms with Crippen molar-refractivity contribution in [2.75, 3.05) is 13.2 Å². The summed E-state index contributed by atoms with van der Waals surface area (Å²) in [6, 6.07) is 0. The fraction of sp³-hybridized carbons (Fsp3) is 0.923. The van der Waals surface area contributed by atoms with Crippen LogP contribution >= 0.6 is 0 Å². The molecule has 0 saturated heterocycles. The predicted molar refractivity (Wildman–Crippen MR) is 65.2 cm³/mol. The number of carbonyl (C=O) groups is 1. The van der Waals surface area contributed by atoms with E-state index in [1.165, 1.54) is 12.8 Å². The summed E-state index contributed by atoms with van der Waals surface area (Å²) in [5.41, 5.74) is -0.485. The number of hydrogen-bond donors (Lipinski definition) is 1. The molecule has 1 aliphatic rings. The highest BCUT2D eigenvalue weighted by Gasteiger charge is 2.39. The highest BCUT2D eigenvalue weighted by atomic mass is 16.5. The molecule has 0 amide bonds. The van der Waals surface area contributed by atoms with E-state index in [4.69, 9.17) is 4.74 Å². The fourth-order valence-corrected chi connectivity index (χ4v) is 1.85. The van der Waals surface area contributed by atoms with Crippen molar-refractivity contribution in [1.29, 1.82) is 0 Å². The first-order chi connectivity index (χ1) is 7.48. The molecule has 0 spiro atoms. The number of rotatable bonds is 7. The van der Waals surface area contributed by atoms with Gasteiger partial charge in [-0.25, -0.2) is 0 Å². The zero-order valence-electron chi connectivity index (χ0n) is 11.0. The molecule has 0 bridgehead atoms. The first kappa shape index (κ1) is 13.5. The Hall–Kier alpha value is -0.570. The Morgan fingerprint density at radius 1 is 1.50 bits per heavy atom.